The number of hydrogen-bond donors (Lipinski definition) is 0. The minimum Gasteiger partial charge on any atom is -0.344 e. The van der Waals surface area contributed by atoms with E-state index in [1.54, 1.807) is 24.3 Å². The molecule has 0 bridgehead atoms. The molecule has 1 aliphatic carbocycles. The number of amides is 1. The van der Waals surface area contributed by atoms with Gasteiger partial charge in [0.05, 0.1) is 12.8 Å². The summed E-state index contributed by atoms with van der Waals surface area (Å²) in [5.74, 6) is -0.156. The van der Waals surface area contributed by atoms with Gasteiger partial charge in [-0.1, -0.05) is 12.8 Å². The first-order valence-corrected chi connectivity index (χ1v) is 9.82. The molecule has 0 aromatic carbocycles. The maximum Gasteiger partial charge on any atom is 0.237 e. The van der Waals surface area contributed by atoms with E-state index >= 15 is 0 Å². The molecule has 128 valence electrons. The lowest BCUT2D eigenvalue weighted by Crippen LogP contribution is -2.45. The normalized spacial score (nSPS) is 16.0. The summed E-state index contributed by atoms with van der Waals surface area (Å²) in [4.78, 5) is 18.0. The summed E-state index contributed by atoms with van der Waals surface area (Å²) >= 11 is 0. The van der Waals surface area contributed by atoms with Crippen LogP contribution in [-0.4, -0.2) is 60.9 Å². The van der Waals surface area contributed by atoms with Crippen LogP contribution in [0, 0.1) is 0 Å². The van der Waals surface area contributed by atoms with Gasteiger partial charge in [-0.3, -0.25) is 9.78 Å². The summed E-state index contributed by atoms with van der Waals surface area (Å²) in [6.07, 6.45) is 9.13. The summed E-state index contributed by atoms with van der Waals surface area (Å²) in [5.41, 5.74) is 1.11. The van der Waals surface area contributed by atoms with Gasteiger partial charge in [0.25, 0.3) is 0 Å². The Labute approximate surface area is 138 Å². The van der Waals surface area contributed by atoms with Crippen molar-refractivity contribution in [3.05, 3.63) is 30.1 Å². The highest BCUT2D eigenvalue weighted by Crippen LogP contribution is 2.25. The SMILES string of the molecule is CN(CCc1ccncc1)C(=O)CN(C1CCCC1)S(C)(=O)=O. The average Bonchev–Trinajstić information content (AvgIpc) is 3.03. The Balaban J connectivity index is 1.92. The maximum absolute atomic E-state index is 12.4. The van der Waals surface area contributed by atoms with Crippen molar-refractivity contribution in [2.24, 2.45) is 0 Å². The van der Waals surface area contributed by atoms with Crippen LogP contribution in [-0.2, 0) is 21.2 Å². The first-order chi connectivity index (χ1) is 10.9. The van der Waals surface area contributed by atoms with E-state index < -0.39 is 10.0 Å². The van der Waals surface area contributed by atoms with Gasteiger partial charge in [-0.25, -0.2) is 8.42 Å². The fourth-order valence-electron chi connectivity index (χ4n) is 2.93. The van der Waals surface area contributed by atoms with Crippen molar-refractivity contribution in [3.8, 4) is 0 Å². The van der Waals surface area contributed by atoms with E-state index in [0.29, 0.717) is 6.54 Å². The van der Waals surface area contributed by atoms with Crippen molar-refractivity contribution in [1.82, 2.24) is 14.2 Å². The Kier molecular flexibility index (Phi) is 6.12. The second kappa shape index (κ2) is 7.88. The molecule has 0 atom stereocenters. The van der Waals surface area contributed by atoms with Crippen LogP contribution >= 0.6 is 0 Å². The lowest BCUT2D eigenvalue weighted by atomic mass is 10.2. The summed E-state index contributed by atoms with van der Waals surface area (Å²) in [6, 6.07) is 3.81. The number of likely N-dealkylation sites (N-methyl/N-ethyl adjacent to an activating group) is 1. The quantitative estimate of drug-likeness (QED) is 0.750. The van der Waals surface area contributed by atoms with Crippen LogP contribution in [0.2, 0.25) is 0 Å². The molecule has 1 fully saturated rings. The molecule has 0 radical (unpaired) electrons. The highest BCUT2D eigenvalue weighted by Gasteiger charge is 2.31. The minimum absolute atomic E-state index is 0.0254. The monoisotopic (exact) mass is 339 g/mol. The van der Waals surface area contributed by atoms with Crippen molar-refractivity contribution in [1.29, 1.82) is 0 Å². The highest BCUT2D eigenvalue weighted by molar-refractivity contribution is 7.88. The van der Waals surface area contributed by atoms with E-state index in [9.17, 15) is 13.2 Å². The third kappa shape index (κ3) is 5.28. The number of hydrogen-bond acceptors (Lipinski definition) is 4. The predicted molar refractivity (Wildman–Crippen MR) is 89.4 cm³/mol. The molecule has 0 N–H and O–H groups in total. The van der Waals surface area contributed by atoms with Crippen LogP contribution in [0.25, 0.3) is 0 Å². The van der Waals surface area contributed by atoms with Crippen LogP contribution in [0.4, 0.5) is 0 Å². The smallest absolute Gasteiger partial charge is 0.237 e. The molecular formula is C16H25N3O3S. The van der Waals surface area contributed by atoms with Gasteiger partial charge in [-0.05, 0) is 37.0 Å². The Morgan fingerprint density at radius 2 is 1.87 bits per heavy atom. The van der Waals surface area contributed by atoms with Gasteiger partial charge in [0, 0.05) is 32.0 Å². The number of pyridine rings is 1. The van der Waals surface area contributed by atoms with E-state index in [4.69, 9.17) is 0 Å². The second-order valence-electron chi connectivity index (χ2n) is 6.17. The topological polar surface area (TPSA) is 70.6 Å². The number of rotatable bonds is 7. The lowest BCUT2D eigenvalue weighted by molar-refractivity contribution is -0.130. The summed E-state index contributed by atoms with van der Waals surface area (Å²) in [7, 11) is -1.65. The second-order valence-corrected chi connectivity index (χ2v) is 8.10. The zero-order chi connectivity index (χ0) is 16.9. The molecule has 0 unspecified atom stereocenters. The number of carbonyl (C=O) groups is 1. The first-order valence-electron chi connectivity index (χ1n) is 7.97. The van der Waals surface area contributed by atoms with E-state index in [1.165, 1.54) is 10.6 Å². The van der Waals surface area contributed by atoms with Crippen LogP contribution in [0.3, 0.4) is 0 Å². The van der Waals surface area contributed by atoms with Crippen molar-refractivity contribution in [2.75, 3.05) is 26.4 Å². The van der Waals surface area contributed by atoms with Gasteiger partial charge in [0.2, 0.25) is 15.9 Å². The Morgan fingerprint density at radius 3 is 2.43 bits per heavy atom. The molecule has 1 aromatic rings. The first kappa shape index (κ1) is 17.9. The molecule has 7 heteroatoms. The molecule has 0 saturated heterocycles. The highest BCUT2D eigenvalue weighted by atomic mass is 32.2. The van der Waals surface area contributed by atoms with E-state index in [1.807, 2.05) is 12.1 Å². The zero-order valence-corrected chi connectivity index (χ0v) is 14.6. The number of sulfonamides is 1. The minimum atomic E-state index is -3.37. The summed E-state index contributed by atoms with van der Waals surface area (Å²) in [5, 5.41) is 0. The largest absolute Gasteiger partial charge is 0.344 e. The lowest BCUT2D eigenvalue weighted by Gasteiger charge is -2.28. The zero-order valence-electron chi connectivity index (χ0n) is 13.8. The van der Waals surface area contributed by atoms with E-state index in [0.717, 1.165) is 37.7 Å². The molecule has 23 heavy (non-hydrogen) atoms. The van der Waals surface area contributed by atoms with Gasteiger partial charge in [0.1, 0.15) is 0 Å². The summed E-state index contributed by atoms with van der Waals surface area (Å²) < 4.78 is 25.4. The Morgan fingerprint density at radius 1 is 1.26 bits per heavy atom. The average molecular weight is 339 g/mol. The van der Waals surface area contributed by atoms with Crippen LogP contribution in [0.15, 0.2) is 24.5 Å². The summed E-state index contributed by atoms with van der Waals surface area (Å²) in [6.45, 7) is 0.501. The van der Waals surface area contributed by atoms with Crippen LogP contribution < -0.4 is 0 Å². The maximum atomic E-state index is 12.4. The van der Waals surface area contributed by atoms with Crippen molar-refractivity contribution in [3.63, 3.8) is 0 Å². The molecule has 0 aliphatic heterocycles. The third-order valence-electron chi connectivity index (χ3n) is 4.36. The molecule has 2 rings (SSSR count). The van der Waals surface area contributed by atoms with Gasteiger partial charge >= 0.3 is 0 Å². The number of nitrogens with zero attached hydrogens (tertiary/aromatic N) is 3. The molecule has 1 amide bonds. The fraction of sp³-hybridized carbons (Fsp3) is 0.625. The molecule has 1 aliphatic rings. The predicted octanol–water partition coefficient (Wildman–Crippen LogP) is 1.29. The van der Waals surface area contributed by atoms with Gasteiger partial charge in [-0.2, -0.15) is 4.31 Å². The Bertz CT molecular complexity index is 613. The number of carbonyl (C=O) groups excluding carboxylic acids is 1. The van der Waals surface area contributed by atoms with Crippen molar-refractivity contribution in [2.45, 2.75) is 38.1 Å². The molecule has 1 saturated carbocycles. The standard InChI is InChI=1S/C16H25N3O3S/c1-18(12-9-14-7-10-17-11-8-14)16(20)13-19(23(2,21)22)15-5-3-4-6-15/h7-8,10-11,15H,3-6,9,12-13H2,1-2H3. The molecule has 1 heterocycles. The van der Waals surface area contributed by atoms with E-state index in [-0.39, 0.29) is 18.5 Å². The molecule has 6 nitrogen and oxygen atoms in total. The number of aromatic nitrogens is 1. The Hall–Kier alpha value is -1.47. The molecule has 1 aromatic heterocycles. The van der Waals surface area contributed by atoms with Crippen molar-refractivity contribution >= 4 is 15.9 Å². The molecule has 0 spiro atoms. The van der Waals surface area contributed by atoms with Gasteiger partial charge < -0.3 is 4.90 Å². The van der Waals surface area contributed by atoms with Gasteiger partial charge in [0.15, 0.2) is 0 Å². The molecular weight excluding hydrogens is 314 g/mol. The van der Waals surface area contributed by atoms with Crippen LogP contribution in [0.5, 0.6) is 0 Å². The fourth-order valence-corrected chi connectivity index (χ4v) is 4.03. The van der Waals surface area contributed by atoms with E-state index in [2.05, 4.69) is 4.98 Å². The van der Waals surface area contributed by atoms with Gasteiger partial charge in [-0.15, -0.1) is 0 Å². The van der Waals surface area contributed by atoms with Crippen LogP contribution in [0.1, 0.15) is 31.2 Å². The van der Waals surface area contributed by atoms with Crippen molar-refractivity contribution < 1.29 is 13.2 Å². The third-order valence-corrected chi connectivity index (χ3v) is 5.64.